The van der Waals surface area contributed by atoms with Gasteiger partial charge in [-0.05, 0) is 31.4 Å². The molecule has 0 unspecified atom stereocenters. The van der Waals surface area contributed by atoms with Crippen LogP contribution in [-0.4, -0.2) is 11.9 Å². The Labute approximate surface area is 125 Å². The number of nitrogens with one attached hydrogen (secondary N) is 1. The van der Waals surface area contributed by atoms with Crippen molar-refractivity contribution >= 4 is 17.5 Å². The van der Waals surface area contributed by atoms with Crippen LogP contribution in [0, 0.1) is 11.7 Å². The quantitative estimate of drug-likeness (QED) is 0.796. The molecule has 0 radical (unpaired) electrons. The first-order chi connectivity index (χ1) is 9.40. The summed E-state index contributed by atoms with van der Waals surface area (Å²) in [6.45, 7) is 6.34. The summed E-state index contributed by atoms with van der Waals surface area (Å²) in [5.74, 6) is 0.0595. The molecule has 1 amide bonds. The molecule has 0 aromatic heterocycles. The van der Waals surface area contributed by atoms with Gasteiger partial charge in [0.1, 0.15) is 5.82 Å². The third-order valence-electron chi connectivity index (χ3n) is 3.23. The fourth-order valence-corrected chi connectivity index (χ4v) is 2.32. The first-order valence-corrected chi connectivity index (χ1v) is 7.50. The average Bonchev–Trinajstić information content (AvgIpc) is 2.33. The van der Waals surface area contributed by atoms with Crippen molar-refractivity contribution in [2.75, 3.05) is 0 Å². The van der Waals surface area contributed by atoms with E-state index in [9.17, 15) is 9.18 Å². The van der Waals surface area contributed by atoms with Gasteiger partial charge >= 0.3 is 0 Å². The summed E-state index contributed by atoms with van der Waals surface area (Å²) in [4.78, 5) is 11.9. The fourth-order valence-electron chi connectivity index (χ4n) is 2.09. The molecule has 1 rings (SSSR count). The minimum absolute atomic E-state index is 0.0139. The van der Waals surface area contributed by atoms with Gasteiger partial charge in [-0.25, -0.2) is 4.39 Å². The maximum atomic E-state index is 13.6. The lowest BCUT2D eigenvalue weighted by atomic mass is 10.0. The lowest BCUT2D eigenvalue weighted by Gasteiger charge is -2.15. The van der Waals surface area contributed by atoms with Crippen LogP contribution in [0.1, 0.15) is 45.6 Å². The van der Waals surface area contributed by atoms with Gasteiger partial charge in [-0.3, -0.25) is 4.79 Å². The Bertz CT molecular complexity index is 428. The van der Waals surface area contributed by atoms with Gasteiger partial charge in [0, 0.05) is 16.6 Å². The minimum Gasteiger partial charge on any atom is -0.353 e. The second-order valence-electron chi connectivity index (χ2n) is 5.67. The van der Waals surface area contributed by atoms with Crippen molar-refractivity contribution in [1.29, 1.82) is 0 Å². The average molecular weight is 300 g/mol. The second kappa shape index (κ2) is 8.25. The molecule has 0 spiro atoms. The van der Waals surface area contributed by atoms with Crippen molar-refractivity contribution in [1.82, 2.24) is 5.32 Å². The summed E-state index contributed by atoms with van der Waals surface area (Å²) < 4.78 is 13.6. The van der Waals surface area contributed by atoms with Crippen molar-refractivity contribution in [3.05, 3.63) is 34.6 Å². The zero-order valence-corrected chi connectivity index (χ0v) is 13.1. The molecule has 0 heterocycles. The molecule has 0 aliphatic heterocycles. The SMILES string of the molecule is CC(C)CCC[C@H](C)NC(=O)Cc1c(F)cccc1Cl. The Morgan fingerprint density at radius 1 is 1.30 bits per heavy atom. The predicted octanol–water partition coefficient (Wildman–Crippen LogP) is 4.35. The summed E-state index contributed by atoms with van der Waals surface area (Å²) in [6.07, 6.45) is 3.16. The third-order valence-corrected chi connectivity index (χ3v) is 3.58. The normalized spacial score (nSPS) is 12.5. The molecule has 0 bridgehead atoms. The number of carbonyl (C=O) groups excluding carboxylic acids is 1. The first kappa shape index (κ1) is 17.0. The van der Waals surface area contributed by atoms with Crippen LogP contribution in [-0.2, 0) is 11.2 Å². The summed E-state index contributed by atoms with van der Waals surface area (Å²) >= 11 is 5.91. The van der Waals surface area contributed by atoms with E-state index in [0.717, 1.165) is 19.3 Å². The van der Waals surface area contributed by atoms with E-state index in [1.165, 1.54) is 12.1 Å². The van der Waals surface area contributed by atoms with Gasteiger partial charge in [-0.1, -0.05) is 44.4 Å². The van der Waals surface area contributed by atoms with Crippen molar-refractivity contribution < 1.29 is 9.18 Å². The number of rotatable bonds is 7. The van der Waals surface area contributed by atoms with Crippen LogP contribution < -0.4 is 5.32 Å². The second-order valence-corrected chi connectivity index (χ2v) is 6.08. The molecule has 0 fully saturated rings. The Morgan fingerprint density at radius 3 is 2.60 bits per heavy atom. The maximum Gasteiger partial charge on any atom is 0.224 e. The smallest absolute Gasteiger partial charge is 0.224 e. The maximum absolute atomic E-state index is 13.6. The minimum atomic E-state index is -0.430. The van der Waals surface area contributed by atoms with Crippen LogP contribution in [0.25, 0.3) is 0 Å². The summed E-state index contributed by atoms with van der Waals surface area (Å²) in [5.41, 5.74) is 0.265. The molecule has 1 aromatic carbocycles. The highest BCUT2D eigenvalue weighted by atomic mass is 35.5. The van der Waals surface area contributed by atoms with E-state index in [-0.39, 0.29) is 23.9 Å². The molecule has 0 saturated carbocycles. The summed E-state index contributed by atoms with van der Waals surface area (Å²) in [5, 5.41) is 3.19. The van der Waals surface area contributed by atoms with Gasteiger partial charge in [0.25, 0.3) is 0 Å². The van der Waals surface area contributed by atoms with Crippen LogP contribution in [0.5, 0.6) is 0 Å². The number of halogens is 2. The van der Waals surface area contributed by atoms with Gasteiger partial charge in [-0.15, -0.1) is 0 Å². The predicted molar refractivity (Wildman–Crippen MR) is 81.4 cm³/mol. The number of hydrogen-bond donors (Lipinski definition) is 1. The third kappa shape index (κ3) is 5.91. The Balaban J connectivity index is 2.43. The lowest BCUT2D eigenvalue weighted by molar-refractivity contribution is -0.121. The molecule has 2 nitrogen and oxygen atoms in total. The first-order valence-electron chi connectivity index (χ1n) is 7.12. The van der Waals surface area contributed by atoms with Crippen molar-refractivity contribution in [3.8, 4) is 0 Å². The van der Waals surface area contributed by atoms with Crippen LogP contribution in [0.3, 0.4) is 0 Å². The van der Waals surface area contributed by atoms with Crippen LogP contribution in [0.2, 0.25) is 5.02 Å². The lowest BCUT2D eigenvalue weighted by Crippen LogP contribution is -2.33. The van der Waals surface area contributed by atoms with Crippen LogP contribution in [0.4, 0.5) is 4.39 Å². The van der Waals surface area contributed by atoms with Crippen LogP contribution >= 0.6 is 11.6 Å². The van der Waals surface area contributed by atoms with E-state index in [1.807, 2.05) is 6.92 Å². The molecule has 4 heteroatoms. The summed E-state index contributed by atoms with van der Waals surface area (Å²) in [6, 6.07) is 4.56. The molecule has 1 aromatic rings. The number of amides is 1. The zero-order chi connectivity index (χ0) is 15.1. The number of benzene rings is 1. The standard InChI is InChI=1S/C16H23ClFNO/c1-11(2)6-4-7-12(3)19-16(20)10-13-14(17)8-5-9-15(13)18/h5,8-9,11-12H,4,6-7,10H2,1-3H3,(H,19,20)/t12-/m0/s1. The number of hydrogen-bond acceptors (Lipinski definition) is 1. The fraction of sp³-hybridized carbons (Fsp3) is 0.562. The molecule has 20 heavy (non-hydrogen) atoms. The van der Waals surface area contributed by atoms with E-state index in [2.05, 4.69) is 19.2 Å². The monoisotopic (exact) mass is 299 g/mol. The van der Waals surface area contributed by atoms with E-state index in [1.54, 1.807) is 6.07 Å². The van der Waals surface area contributed by atoms with Gasteiger partial charge in [0.15, 0.2) is 0 Å². The van der Waals surface area contributed by atoms with Crippen molar-refractivity contribution in [3.63, 3.8) is 0 Å². The molecule has 0 aliphatic carbocycles. The Morgan fingerprint density at radius 2 is 2.00 bits per heavy atom. The topological polar surface area (TPSA) is 29.1 Å². The van der Waals surface area contributed by atoms with Gasteiger partial charge < -0.3 is 5.32 Å². The van der Waals surface area contributed by atoms with E-state index >= 15 is 0 Å². The largest absolute Gasteiger partial charge is 0.353 e. The molecular formula is C16H23ClFNO. The highest BCUT2D eigenvalue weighted by Crippen LogP contribution is 2.19. The van der Waals surface area contributed by atoms with E-state index in [4.69, 9.17) is 11.6 Å². The van der Waals surface area contributed by atoms with Gasteiger partial charge in [0.05, 0.1) is 6.42 Å². The van der Waals surface area contributed by atoms with Crippen molar-refractivity contribution in [2.24, 2.45) is 5.92 Å². The highest BCUT2D eigenvalue weighted by Gasteiger charge is 2.13. The highest BCUT2D eigenvalue weighted by molar-refractivity contribution is 6.31. The molecule has 0 aliphatic rings. The van der Waals surface area contributed by atoms with E-state index < -0.39 is 5.82 Å². The molecule has 112 valence electrons. The molecule has 0 saturated heterocycles. The molecular weight excluding hydrogens is 277 g/mol. The van der Waals surface area contributed by atoms with Gasteiger partial charge in [-0.2, -0.15) is 0 Å². The van der Waals surface area contributed by atoms with Crippen LogP contribution in [0.15, 0.2) is 18.2 Å². The van der Waals surface area contributed by atoms with Gasteiger partial charge in [0.2, 0.25) is 5.91 Å². The van der Waals surface area contributed by atoms with Crippen molar-refractivity contribution in [2.45, 2.75) is 52.5 Å². The number of carbonyl (C=O) groups is 1. The Kier molecular flexibility index (Phi) is 7.00. The molecule has 1 atom stereocenters. The summed E-state index contributed by atoms with van der Waals surface area (Å²) in [7, 11) is 0. The van der Waals surface area contributed by atoms with E-state index in [0.29, 0.717) is 10.9 Å². The Hall–Kier alpha value is -1.09. The molecule has 1 N–H and O–H groups in total. The zero-order valence-electron chi connectivity index (χ0n) is 12.4.